The molecule has 3 heterocycles. The summed E-state index contributed by atoms with van der Waals surface area (Å²) < 4.78 is 10.9. The molecular weight excluding hydrogens is 426 g/mol. The van der Waals surface area contributed by atoms with Gasteiger partial charge in [-0.2, -0.15) is 0 Å². The lowest BCUT2D eigenvalue weighted by Gasteiger charge is -2.34. The van der Waals surface area contributed by atoms with Crippen LogP contribution in [-0.4, -0.2) is 77.7 Å². The molecule has 4 rings (SSSR count). The zero-order valence-corrected chi connectivity index (χ0v) is 20.2. The van der Waals surface area contributed by atoms with E-state index in [1.807, 2.05) is 29.0 Å². The second kappa shape index (κ2) is 9.05. The first kappa shape index (κ1) is 22.5. The number of hydrogen-bond donors (Lipinski definition) is 0. The van der Waals surface area contributed by atoms with Gasteiger partial charge in [0.2, 0.25) is 0 Å². The number of likely N-dealkylation sites (N-methyl/N-ethyl adjacent to an activating group) is 1. The van der Waals surface area contributed by atoms with Crippen molar-refractivity contribution in [2.24, 2.45) is 11.8 Å². The van der Waals surface area contributed by atoms with Gasteiger partial charge in [-0.3, -0.25) is 9.69 Å². The van der Waals surface area contributed by atoms with Crippen LogP contribution in [0.5, 0.6) is 11.5 Å². The van der Waals surface area contributed by atoms with Gasteiger partial charge in [-0.1, -0.05) is 13.8 Å². The summed E-state index contributed by atoms with van der Waals surface area (Å²) in [6.45, 7) is 6.56. The number of carbonyl (C=O) groups is 1. The van der Waals surface area contributed by atoms with Crippen LogP contribution < -0.4 is 14.4 Å². The highest BCUT2D eigenvalue weighted by molar-refractivity contribution is 7.80. The van der Waals surface area contributed by atoms with E-state index < -0.39 is 0 Å². The van der Waals surface area contributed by atoms with Gasteiger partial charge < -0.3 is 19.3 Å². The molecule has 0 aliphatic carbocycles. The average Bonchev–Trinajstić information content (AvgIpc) is 3.01. The van der Waals surface area contributed by atoms with Gasteiger partial charge in [0.05, 0.1) is 19.7 Å². The van der Waals surface area contributed by atoms with E-state index in [9.17, 15) is 4.79 Å². The third kappa shape index (κ3) is 3.94. The van der Waals surface area contributed by atoms with Gasteiger partial charge in [0.15, 0.2) is 16.6 Å². The van der Waals surface area contributed by atoms with E-state index in [4.69, 9.17) is 21.7 Å². The van der Waals surface area contributed by atoms with Gasteiger partial charge in [0, 0.05) is 38.1 Å². The maximum atomic E-state index is 12.9. The molecule has 1 aromatic heterocycles. The summed E-state index contributed by atoms with van der Waals surface area (Å²) in [4.78, 5) is 28.0. The fourth-order valence-corrected chi connectivity index (χ4v) is 5.11. The molecule has 1 atom stereocenters. The molecule has 1 amide bonds. The molecule has 2 aliphatic heterocycles. The van der Waals surface area contributed by atoms with Crippen molar-refractivity contribution in [2.75, 3.05) is 45.8 Å². The summed E-state index contributed by atoms with van der Waals surface area (Å²) in [5, 5.41) is 1.60. The summed E-state index contributed by atoms with van der Waals surface area (Å²) >= 11 is 5.58. The SMILES string of the molecule is COc1cc2ncnc(N3CCC(CN4C(=O)C(C(C)C)N(C)C4=S)CC3)c2cc1OC. The minimum absolute atomic E-state index is 0.137. The Bertz CT molecular complexity index is 1020. The van der Waals surface area contributed by atoms with Crippen molar-refractivity contribution in [3.8, 4) is 11.5 Å². The summed E-state index contributed by atoms with van der Waals surface area (Å²) in [6.07, 6.45) is 3.54. The number of nitrogens with zero attached hydrogens (tertiary/aromatic N) is 5. The Labute approximate surface area is 194 Å². The Kier molecular flexibility index (Phi) is 6.37. The fourth-order valence-electron chi connectivity index (χ4n) is 4.84. The fraction of sp³-hybridized carbons (Fsp3) is 0.565. The highest BCUT2D eigenvalue weighted by Gasteiger charge is 2.42. The lowest BCUT2D eigenvalue weighted by molar-refractivity contribution is -0.129. The predicted octanol–water partition coefficient (Wildman–Crippen LogP) is 2.95. The van der Waals surface area contributed by atoms with Crippen LogP contribution in [0.3, 0.4) is 0 Å². The summed E-state index contributed by atoms with van der Waals surface area (Å²) in [5.41, 5.74) is 0.825. The molecule has 2 aromatic rings. The second-order valence-corrected chi connectivity index (χ2v) is 9.25. The van der Waals surface area contributed by atoms with Crippen molar-refractivity contribution < 1.29 is 14.3 Å². The van der Waals surface area contributed by atoms with Crippen molar-refractivity contribution in [1.82, 2.24) is 19.8 Å². The number of amides is 1. The van der Waals surface area contributed by atoms with Crippen LogP contribution in [0, 0.1) is 11.8 Å². The monoisotopic (exact) mass is 457 g/mol. The number of aromatic nitrogens is 2. The number of methoxy groups -OCH3 is 2. The maximum Gasteiger partial charge on any atom is 0.251 e. The molecule has 2 aliphatic rings. The molecule has 0 radical (unpaired) electrons. The van der Waals surface area contributed by atoms with E-state index in [1.54, 1.807) is 20.5 Å². The molecule has 0 N–H and O–H groups in total. The largest absolute Gasteiger partial charge is 0.493 e. The Morgan fingerprint density at radius 1 is 1.12 bits per heavy atom. The topological polar surface area (TPSA) is 71.0 Å². The molecule has 2 saturated heterocycles. The van der Waals surface area contributed by atoms with Crippen molar-refractivity contribution in [2.45, 2.75) is 32.7 Å². The van der Waals surface area contributed by atoms with Crippen LogP contribution in [-0.2, 0) is 4.79 Å². The standard InChI is InChI=1S/C23H31N5O3S/c1-14(2)20-22(29)28(23(32)26(20)3)12-15-6-8-27(9-7-15)21-16-10-18(30-4)19(31-5)11-17(16)24-13-25-21/h10-11,13-15,20H,6-9,12H2,1-5H3. The van der Waals surface area contributed by atoms with Crippen LogP contribution in [0.1, 0.15) is 26.7 Å². The van der Waals surface area contributed by atoms with E-state index in [0.29, 0.717) is 29.1 Å². The second-order valence-electron chi connectivity index (χ2n) is 8.88. The summed E-state index contributed by atoms with van der Waals surface area (Å²) in [7, 11) is 5.18. The first-order chi connectivity index (χ1) is 15.3. The number of anilines is 1. The van der Waals surface area contributed by atoms with Gasteiger partial charge in [-0.25, -0.2) is 9.97 Å². The van der Waals surface area contributed by atoms with E-state index >= 15 is 0 Å². The zero-order valence-electron chi connectivity index (χ0n) is 19.4. The highest BCUT2D eigenvalue weighted by atomic mass is 32.1. The molecule has 1 aromatic carbocycles. The van der Waals surface area contributed by atoms with Crippen LogP contribution in [0.25, 0.3) is 10.9 Å². The number of carbonyl (C=O) groups excluding carboxylic acids is 1. The number of ether oxygens (including phenoxy) is 2. The highest BCUT2D eigenvalue weighted by Crippen LogP contribution is 2.36. The van der Waals surface area contributed by atoms with Crippen molar-refractivity contribution in [3.63, 3.8) is 0 Å². The van der Waals surface area contributed by atoms with Gasteiger partial charge in [0.25, 0.3) is 5.91 Å². The number of thiocarbonyl (C=S) groups is 1. The lowest BCUT2D eigenvalue weighted by Crippen LogP contribution is -2.41. The molecule has 0 bridgehead atoms. The van der Waals surface area contributed by atoms with Gasteiger partial charge in [-0.15, -0.1) is 0 Å². The summed E-state index contributed by atoms with van der Waals surface area (Å²) in [5.74, 6) is 3.00. The van der Waals surface area contributed by atoms with Gasteiger partial charge >= 0.3 is 0 Å². The van der Waals surface area contributed by atoms with Crippen LogP contribution in [0.15, 0.2) is 18.5 Å². The Balaban J connectivity index is 1.47. The van der Waals surface area contributed by atoms with Crippen molar-refractivity contribution in [1.29, 1.82) is 0 Å². The Morgan fingerprint density at radius 3 is 2.38 bits per heavy atom. The average molecular weight is 458 g/mol. The van der Waals surface area contributed by atoms with E-state index in [0.717, 1.165) is 42.7 Å². The number of benzene rings is 1. The number of fused-ring (bicyclic) bond motifs is 1. The van der Waals surface area contributed by atoms with E-state index in [-0.39, 0.29) is 17.9 Å². The normalized spacial score (nSPS) is 20.1. The molecule has 9 heteroatoms. The Hall–Kier alpha value is -2.68. The Morgan fingerprint density at radius 2 is 1.78 bits per heavy atom. The number of rotatable bonds is 6. The molecule has 1 unspecified atom stereocenters. The zero-order chi connectivity index (χ0) is 23.0. The van der Waals surface area contributed by atoms with Crippen molar-refractivity contribution >= 4 is 40.0 Å². The maximum absolute atomic E-state index is 12.9. The molecule has 2 fully saturated rings. The lowest BCUT2D eigenvalue weighted by atomic mass is 9.95. The molecule has 8 nitrogen and oxygen atoms in total. The molecule has 0 spiro atoms. The first-order valence-corrected chi connectivity index (χ1v) is 11.5. The van der Waals surface area contributed by atoms with Gasteiger partial charge in [0.1, 0.15) is 18.2 Å². The first-order valence-electron chi connectivity index (χ1n) is 11.1. The minimum atomic E-state index is -0.151. The third-order valence-electron chi connectivity index (χ3n) is 6.57. The van der Waals surface area contributed by atoms with E-state index in [1.165, 1.54) is 0 Å². The number of hydrogen-bond acceptors (Lipinski definition) is 7. The summed E-state index contributed by atoms with van der Waals surface area (Å²) in [6, 6.07) is 3.67. The van der Waals surface area contributed by atoms with Crippen molar-refractivity contribution in [3.05, 3.63) is 18.5 Å². The third-order valence-corrected chi connectivity index (χ3v) is 7.08. The van der Waals surface area contributed by atoms with E-state index in [2.05, 4.69) is 28.7 Å². The predicted molar refractivity (Wildman–Crippen MR) is 128 cm³/mol. The molecular formula is C23H31N5O3S. The van der Waals surface area contributed by atoms with Crippen LogP contribution in [0.4, 0.5) is 5.82 Å². The molecule has 32 heavy (non-hydrogen) atoms. The smallest absolute Gasteiger partial charge is 0.251 e. The quantitative estimate of drug-likeness (QED) is 0.613. The minimum Gasteiger partial charge on any atom is -0.493 e. The van der Waals surface area contributed by atoms with Gasteiger partial charge in [-0.05, 0) is 43.0 Å². The number of piperidine rings is 1. The van der Waals surface area contributed by atoms with Crippen LogP contribution >= 0.6 is 12.2 Å². The molecule has 0 saturated carbocycles. The molecule has 172 valence electrons. The van der Waals surface area contributed by atoms with Crippen LogP contribution in [0.2, 0.25) is 0 Å².